The van der Waals surface area contributed by atoms with Crippen molar-refractivity contribution >= 4 is 10.5 Å². The van der Waals surface area contributed by atoms with Gasteiger partial charge >= 0.3 is 0 Å². The highest BCUT2D eigenvalue weighted by Gasteiger charge is 2.18. The fourth-order valence-corrected chi connectivity index (χ4v) is 1.91. The summed E-state index contributed by atoms with van der Waals surface area (Å²) in [6, 6.07) is 17.8. The Labute approximate surface area is 111 Å². The van der Waals surface area contributed by atoms with Gasteiger partial charge in [0.1, 0.15) is 22.0 Å². The van der Waals surface area contributed by atoms with Gasteiger partial charge in [0.25, 0.3) is 0 Å². The minimum atomic E-state index is -0.248. The van der Waals surface area contributed by atoms with Crippen LogP contribution in [0.1, 0.15) is 19.4 Å². The van der Waals surface area contributed by atoms with Crippen LogP contribution in [0.5, 0.6) is 11.5 Å². The van der Waals surface area contributed by atoms with Crippen LogP contribution in [0.15, 0.2) is 54.6 Å². The fourth-order valence-electron chi connectivity index (χ4n) is 1.68. The first-order valence-corrected chi connectivity index (χ1v) is 6.82. The lowest BCUT2D eigenvalue weighted by molar-refractivity contribution is 0.123. The molecule has 2 aromatic rings. The summed E-state index contributed by atoms with van der Waals surface area (Å²) in [5.41, 5.74) is 0.883. The van der Waals surface area contributed by atoms with Gasteiger partial charge in [-0.2, -0.15) is 0 Å². The van der Waals surface area contributed by atoms with Crippen LogP contribution in [0, 0.1) is 0 Å². The summed E-state index contributed by atoms with van der Waals surface area (Å²) >= 11 is 0. The molecule has 0 N–H and O–H groups in total. The van der Waals surface area contributed by atoms with Crippen molar-refractivity contribution in [2.45, 2.75) is 19.4 Å². The largest absolute Gasteiger partial charge is 0.457 e. The molecule has 0 radical (unpaired) electrons. The van der Waals surface area contributed by atoms with Crippen molar-refractivity contribution in [3.63, 3.8) is 0 Å². The van der Waals surface area contributed by atoms with E-state index < -0.39 is 0 Å². The molecule has 0 aliphatic carbocycles. The summed E-state index contributed by atoms with van der Waals surface area (Å²) in [6.45, 7) is 4.14. The van der Waals surface area contributed by atoms with Crippen LogP contribution in [-0.4, -0.2) is 10.5 Å². The standard InChI is InChI=1S/C15H18O2Si/c1-15(2,17-18)12-7-6-10-14(11-12)16-13-8-4-3-5-9-13/h3-11H,1-2,18H3. The van der Waals surface area contributed by atoms with E-state index in [0.29, 0.717) is 10.5 Å². The SMILES string of the molecule is CC(C)(O[SiH3])c1cccc(Oc2ccccc2)c1. The van der Waals surface area contributed by atoms with Crippen molar-refractivity contribution in [1.29, 1.82) is 0 Å². The molecule has 0 unspecified atom stereocenters. The van der Waals surface area contributed by atoms with Crippen LogP contribution in [0.2, 0.25) is 0 Å². The summed E-state index contributed by atoms with van der Waals surface area (Å²) < 4.78 is 11.4. The maximum atomic E-state index is 5.81. The zero-order chi connectivity index (χ0) is 13.0. The lowest BCUT2D eigenvalue weighted by Crippen LogP contribution is -2.19. The monoisotopic (exact) mass is 258 g/mol. The van der Waals surface area contributed by atoms with E-state index in [4.69, 9.17) is 9.16 Å². The summed E-state index contributed by atoms with van der Waals surface area (Å²) in [5.74, 6) is 1.68. The third-order valence-corrected chi connectivity index (χ3v) is 4.04. The van der Waals surface area contributed by atoms with Gasteiger partial charge in [-0.25, -0.2) is 0 Å². The smallest absolute Gasteiger partial charge is 0.147 e. The molecule has 0 aliphatic rings. The molecule has 18 heavy (non-hydrogen) atoms. The van der Waals surface area contributed by atoms with Gasteiger partial charge in [-0.15, -0.1) is 0 Å². The van der Waals surface area contributed by atoms with Crippen molar-refractivity contribution in [2.75, 3.05) is 0 Å². The molecule has 2 nitrogen and oxygen atoms in total. The third kappa shape index (κ3) is 3.00. The molecule has 0 atom stereocenters. The van der Waals surface area contributed by atoms with Crippen LogP contribution in [-0.2, 0) is 10.0 Å². The minimum absolute atomic E-state index is 0.248. The molecule has 0 saturated heterocycles. The van der Waals surface area contributed by atoms with E-state index in [0.717, 1.165) is 17.1 Å². The molecule has 0 spiro atoms. The molecule has 0 bridgehead atoms. The maximum Gasteiger partial charge on any atom is 0.147 e. The van der Waals surface area contributed by atoms with Crippen LogP contribution in [0.4, 0.5) is 0 Å². The molecular weight excluding hydrogens is 240 g/mol. The quantitative estimate of drug-likeness (QED) is 0.785. The fraction of sp³-hybridized carbons (Fsp3) is 0.200. The third-order valence-electron chi connectivity index (χ3n) is 3.02. The van der Waals surface area contributed by atoms with Crippen LogP contribution >= 0.6 is 0 Å². The first kappa shape index (κ1) is 12.9. The molecule has 2 aromatic carbocycles. The lowest BCUT2D eigenvalue weighted by Gasteiger charge is -2.24. The summed E-state index contributed by atoms with van der Waals surface area (Å²) in [6.07, 6.45) is 0. The zero-order valence-electron chi connectivity index (χ0n) is 11.0. The molecule has 0 amide bonds. The minimum Gasteiger partial charge on any atom is -0.457 e. The molecule has 0 saturated carbocycles. The first-order valence-electron chi connectivity index (χ1n) is 6.00. The van der Waals surface area contributed by atoms with Gasteiger partial charge in [-0.05, 0) is 43.7 Å². The number of rotatable bonds is 4. The highest BCUT2D eigenvalue weighted by molar-refractivity contribution is 5.98. The summed E-state index contributed by atoms with van der Waals surface area (Å²) in [5, 5.41) is 0. The molecule has 2 rings (SSSR count). The van der Waals surface area contributed by atoms with Gasteiger partial charge < -0.3 is 9.16 Å². The van der Waals surface area contributed by atoms with Gasteiger partial charge in [0.05, 0.1) is 5.60 Å². The van der Waals surface area contributed by atoms with Gasteiger partial charge in [0.2, 0.25) is 0 Å². The van der Waals surface area contributed by atoms with Crippen molar-refractivity contribution in [2.24, 2.45) is 0 Å². The maximum absolute atomic E-state index is 5.81. The van der Waals surface area contributed by atoms with Crippen LogP contribution in [0.25, 0.3) is 0 Å². The average Bonchev–Trinajstić information content (AvgIpc) is 2.40. The van der Waals surface area contributed by atoms with Crippen LogP contribution in [0.3, 0.4) is 0 Å². The Balaban J connectivity index is 2.23. The predicted octanol–water partition coefficient (Wildman–Crippen LogP) is 3.01. The van der Waals surface area contributed by atoms with E-state index >= 15 is 0 Å². The van der Waals surface area contributed by atoms with Gasteiger partial charge in [0, 0.05) is 0 Å². The summed E-state index contributed by atoms with van der Waals surface area (Å²) in [7, 11) is 0.717. The van der Waals surface area contributed by atoms with E-state index in [1.807, 2.05) is 48.5 Å². The Hall–Kier alpha value is -1.58. The molecule has 0 aromatic heterocycles. The van der Waals surface area contributed by atoms with Gasteiger partial charge in [0.15, 0.2) is 0 Å². The van der Waals surface area contributed by atoms with E-state index in [1.54, 1.807) is 0 Å². The van der Waals surface area contributed by atoms with Crippen molar-refractivity contribution < 1.29 is 9.16 Å². The molecular formula is C15H18O2Si. The van der Waals surface area contributed by atoms with E-state index in [2.05, 4.69) is 19.9 Å². The molecule has 0 fully saturated rings. The Bertz CT molecular complexity index is 509. The Morgan fingerprint density at radius 2 is 1.56 bits per heavy atom. The van der Waals surface area contributed by atoms with Gasteiger partial charge in [-0.3, -0.25) is 0 Å². The Kier molecular flexibility index (Phi) is 3.84. The second-order valence-electron chi connectivity index (χ2n) is 4.66. The number of benzene rings is 2. The molecule has 94 valence electrons. The normalized spacial score (nSPS) is 11.4. The Morgan fingerprint density at radius 3 is 2.22 bits per heavy atom. The number of ether oxygens (including phenoxy) is 1. The van der Waals surface area contributed by atoms with Crippen molar-refractivity contribution in [3.8, 4) is 11.5 Å². The number of hydrogen-bond donors (Lipinski definition) is 0. The second kappa shape index (κ2) is 5.37. The topological polar surface area (TPSA) is 18.5 Å². The second-order valence-corrected chi connectivity index (χ2v) is 5.07. The van der Waals surface area contributed by atoms with Gasteiger partial charge in [-0.1, -0.05) is 30.3 Å². The Morgan fingerprint density at radius 1 is 0.889 bits per heavy atom. The lowest BCUT2D eigenvalue weighted by atomic mass is 9.98. The van der Waals surface area contributed by atoms with E-state index in [9.17, 15) is 0 Å². The van der Waals surface area contributed by atoms with Crippen LogP contribution < -0.4 is 4.74 Å². The first-order chi connectivity index (χ1) is 8.62. The van der Waals surface area contributed by atoms with Crippen molar-refractivity contribution in [3.05, 3.63) is 60.2 Å². The zero-order valence-corrected chi connectivity index (χ0v) is 13.0. The molecule has 3 heteroatoms. The summed E-state index contributed by atoms with van der Waals surface area (Å²) in [4.78, 5) is 0. The van der Waals surface area contributed by atoms with E-state index in [1.165, 1.54) is 0 Å². The highest BCUT2D eigenvalue weighted by atomic mass is 28.2. The number of hydrogen-bond acceptors (Lipinski definition) is 2. The highest BCUT2D eigenvalue weighted by Crippen LogP contribution is 2.28. The van der Waals surface area contributed by atoms with E-state index in [-0.39, 0.29) is 5.60 Å². The average molecular weight is 258 g/mol. The molecule has 0 aliphatic heterocycles. The number of para-hydroxylation sites is 1. The van der Waals surface area contributed by atoms with Crippen molar-refractivity contribution in [1.82, 2.24) is 0 Å². The molecule has 0 heterocycles. The predicted molar refractivity (Wildman–Crippen MR) is 77.0 cm³/mol.